The number of hydrogen-bond acceptors (Lipinski definition) is 5. The summed E-state index contributed by atoms with van der Waals surface area (Å²) in [5.74, 6) is 0.798. The van der Waals surface area contributed by atoms with Crippen LogP contribution in [0.3, 0.4) is 0 Å². The summed E-state index contributed by atoms with van der Waals surface area (Å²) in [5.41, 5.74) is 0. The lowest BCUT2D eigenvalue weighted by Gasteiger charge is -2.35. The second-order valence-corrected chi connectivity index (χ2v) is 7.95. The first-order valence-corrected chi connectivity index (χ1v) is 9.36. The monoisotopic (exact) mass is 351 g/mol. The molecule has 1 aromatic heterocycles. The molecule has 6 nitrogen and oxygen atoms in total. The summed E-state index contributed by atoms with van der Waals surface area (Å²) in [5, 5.41) is 18.0. The molecule has 2 aliphatic rings. The number of carbonyl (C=O) groups excluding carboxylic acids is 2. The zero-order valence-corrected chi connectivity index (χ0v) is 14.7. The van der Waals surface area contributed by atoms with Crippen molar-refractivity contribution in [1.82, 2.24) is 15.5 Å². The van der Waals surface area contributed by atoms with Crippen LogP contribution in [0.1, 0.15) is 24.6 Å². The van der Waals surface area contributed by atoms with Crippen LogP contribution in [0.5, 0.6) is 0 Å². The van der Waals surface area contributed by atoms with Crippen molar-refractivity contribution in [1.29, 1.82) is 0 Å². The molecule has 132 valence electrons. The number of aliphatic hydroxyl groups excluding tert-OH is 1. The van der Waals surface area contributed by atoms with Crippen molar-refractivity contribution in [3.8, 4) is 0 Å². The normalized spacial score (nSPS) is 29.9. The minimum Gasteiger partial charge on any atom is -0.391 e. The molecular formula is C17H25N3O3S. The number of hydrogen-bond donors (Lipinski definition) is 3. The molecule has 2 heterocycles. The molecular weight excluding hydrogens is 326 g/mol. The van der Waals surface area contributed by atoms with E-state index in [1.807, 2.05) is 17.5 Å². The van der Waals surface area contributed by atoms with Gasteiger partial charge in [0.1, 0.15) is 0 Å². The van der Waals surface area contributed by atoms with Gasteiger partial charge in [0.25, 0.3) is 0 Å². The van der Waals surface area contributed by atoms with Gasteiger partial charge in [-0.25, -0.2) is 0 Å². The number of fused-ring (bicyclic) bond motifs is 1. The third-order valence-corrected chi connectivity index (χ3v) is 5.89. The molecule has 2 amide bonds. The summed E-state index contributed by atoms with van der Waals surface area (Å²) in [7, 11) is 0. The van der Waals surface area contributed by atoms with E-state index in [1.54, 1.807) is 11.3 Å². The van der Waals surface area contributed by atoms with E-state index in [2.05, 4.69) is 15.5 Å². The van der Waals surface area contributed by atoms with Gasteiger partial charge in [0.15, 0.2) is 0 Å². The topological polar surface area (TPSA) is 81.7 Å². The highest BCUT2D eigenvalue weighted by molar-refractivity contribution is 7.09. The van der Waals surface area contributed by atoms with Crippen LogP contribution in [0.2, 0.25) is 0 Å². The minimum absolute atomic E-state index is 0.0426. The minimum atomic E-state index is -0.484. The van der Waals surface area contributed by atoms with E-state index in [-0.39, 0.29) is 17.9 Å². The number of amides is 2. The van der Waals surface area contributed by atoms with Crippen molar-refractivity contribution in [3.63, 3.8) is 0 Å². The first-order valence-electron chi connectivity index (χ1n) is 8.48. The Balaban J connectivity index is 1.46. The molecule has 0 bridgehead atoms. The summed E-state index contributed by atoms with van der Waals surface area (Å²) >= 11 is 1.64. The highest BCUT2D eigenvalue weighted by Crippen LogP contribution is 2.36. The number of carbonyl (C=O) groups is 2. The molecule has 0 unspecified atom stereocenters. The molecule has 0 radical (unpaired) electrons. The number of nitrogens with one attached hydrogen (secondary N) is 2. The molecule has 1 saturated carbocycles. The second kappa shape index (κ2) is 7.63. The van der Waals surface area contributed by atoms with Gasteiger partial charge >= 0.3 is 0 Å². The Morgan fingerprint density at radius 2 is 2.08 bits per heavy atom. The van der Waals surface area contributed by atoms with Crippen LogP contribution >= 0.6 is 11.3 Å². The molecule has 4 atom stereocenters. The van der Waals surface area contributed by atoms with Gasteiger partial charge in [0.05, 0.1) is 25.2 Å². The number of likely N-dealkylation sites (tertiary alicyclic amines) is 1. The highest BCUT2D eigenvalue weighted by Gasteiger charge is 2.42. The molecule has 0 spiro atoms. The molecule has 3 N–H and O–H groups in total. The average molecular weight is 351 g/mol. The standard InChI is InChI=1S/C17H25N3O3S/c1-11(21)19-15-5-12-8-20(9-13(12)6-16(15)22)10-17(23)18-7-14-3-2-4-24-14/h2-4,12-13,15-16,22H,5-10H2,1H3,(H,18,23)(H,19,21)/t12-,13+,15-,16-/m1/s1. The second-order valence-electron chi connectivity index (χ2n) is 6.92. The lowest BCUT2D eigenvalue weighted by molar-refractivity contribution is -0.122. The van der Waals surface area contributed by atoms with Crippen molar-refractivity contribution < 1.29 is 14.7 Å². The smallest absolute Gasteiger partial charge is 0.234 e. The first kappa shape index (κ1) is 17.4. The van der Waals surface area contributed by atoms with Gasteiger partial charge in [-0.3, -0.25) is 14.5 Å². The Hall–Kier alpha value is -1.44. The predicted molar refractivity (Wildman–Crippen MR) is 92.4 cm³/mol. The van der Waals surface area contributed by atoms with Crippen LogP contribution in [-0.2, 0) is 16.1 Å². The summed E-state index contributed by atoms with van der Waals surface area (Å²) in [6, 6.07) is 3.84. The molecule has 1 aromatic rings. The first-order chi connectivity index (χ1) is 11.5. The molecule has 2 fully saturated rings. The molecule has 1 saturated heterocycles. The number of nitrogens with zero attached hydrogens (tertiary/aromatic N) is 1. The van der Waals surface area contributed by atoms with Crippen molar-refractivity contribution in [2.75, 3.05) is 19.6 Å². The van der Waals surface area contributed by atoms with Crippen LogP contribution in [0, 0.1) is 11.8 Å². The summed E-state index contributed by atoms with van der Waals surface area (Å²) in [4.78, 5) is 26.7. The Bertz CT molecular complexity index is 578. The van der Waals surface area contributed by atoms with E-state index in [4.69, 9.17) is 0 Å². The Morgan fingerprint density at radius 1 is 1.33 bits per heavy atom. The zero-order valence-electron chi connectivity index (χ0n) is 13.9. The maximum absolute atomic E-state index is 12.1. The van der Waals surface area contributed by atoms with Gasteiger partial charge in [-0.1, -0.05) is 6.07 Å². The van der Waals surface area contributed by atoms with Crippen molar-refractivity contribution in [2.24, 2.45) is 11.8 Å². The zero-order chi connectivity index (χ0) is 17.1. The quantitative estimate of drug-likeness (QED) is 0.724. The van der Waals surface area contributed by atoms with E-state index < -0.39 is 6.10 Å². The van der Waals surface area contributed by atoms with Gasteiger partial charge < -0.3 is 15.7 Å². The van der Waals surface area contributed by atoms with Crippen molar-refractivity contribution in [3.05, 3.63) is 22.4 Å². The number of thiophene rings is 1. The lowest BCUT2D eigenvalue weighted by Crippen LogP contribution is -2.48. The maximum Gasteiger partial charge on any atom is 0.234 e. The third kappa shape index (κ3) is 4.34. The predicted octanol–water partition coefficient (Wildman–Crippen LogP) is 0.572. The largest absolute Gasteiger partial charge is 0.391 e. The number of aliphatic hydroxyl groups is 1. The molecule has 3 rings (SSSR count). The third-order valence-electron chi connectivity index (χ3n) is 5.01. The fraction of sp³-hybridized carbons (Fsp3) is 0.647. The molecule has 1 aliphatic carbocycles. The fourth-order valence-corrected chi connectivity index (χ4v) is 4.58. The SMILES string of the molecule is CC(=O)N[C@@H]1C[C@@H]2CN(CC(=O)NCc3cccs3)C[C@@H]2C[C@H]1O. The lowest BCUT2D eigenvalue weighted by atomic mass is 9.77. The summed E-state index contributed by atoms with van der Waals surface area (Å²) in [6.45, 7) is 4.18. The van der Waals surface area contributed by atoms with Crippen LogP contribution in [0.15, 0.2) is 17.5 Å². The molecule has 0 aromatic carbocycles. The molecule has 7 heteroatoms. The van der Waals surface area contributed by atoms with Crippen LogP contribution in [0.25, 0.3) is 0 Å². The molecule has 1 aliphatic heterocycles. The van der Waals surface area contributed by atoms with E-state index in [0.717, 1.165) is 24.4 Å². The van der Waals surface area contributed by atoms with E-state index in [9.17, 15) is 14.7 Å². The van der Waals surface area contributed by atoms with Crippen molar-refractivity contribution >= 4 is 23.2 Å². The van der Waals surface area contributed by atoms with Gasteiger partial charge in [-0.2, -0.15) is 0 Å². The van der Waals surface area contributed by atoms with Gasteiger partial charge in [-0.05, 0) is 36.1 Å². The van der Waals surface area contributed by atoms with Gasteiger partial charge in [0.2, 0.25) is 11.8 Å². The Morgan fingerprint density at radius 3 is 2.75 bits per heavy atom. The van der Waals surface area contributed by atoms with E-state index >= 15 is 0 Å². The molecule has 24 heavy (non-hydrogen) atoms. The van der Waals surface area contributed by atoms with Gasteiger partial charge in [0, 0.05) is 24.9 Å². The van der Waals surface area contributed by atoms with E-state index in [0.29, 0.717) is 31.3 Å². The summed E-state index contributed by atoms with van der Waals surface area (Å²) < 4.78 is 0. The van der Waals surface area contributed by atoms with Crippen LogP contribution < -0.4 is 10.6 Å². The Kier molecular flexibility index (Phi) is 5.53. The average Bonchev–Trinajstić information content (AvgIpc) is 3.14. The maximum atomic E-state index is 12.1. The van der Waals surface area contributed by atoms with Crippen LogP contribution in [-0.4, -0.2) is 53.6 Å². The van der Waals surface area contributed by atoms with Crippen molar-refractivity contribution in [2.45, 2.75) is 38.5 Å². The summed E-state index contributed by atoms with van der Waals surface area (Å²) in [6.07, 6.45) is 1.00. The Labute approximate surface area is 146 Å². The number of rotatable bonds is 5. The highest BCUT2D eigenvalue weighted by atomic mass is 32.1. The fourth-order valence-electron chi connectivity index (χ4n) is 3.93. The van der Waals surface area contributed by atoms with Crippen LogP contribution in [0.4, 0.5) is 0 Å². The van der Waals surface area contributed by atoms with Gasteiger partial charge in [-0.15, -0.1) is 11.3 Å². The van der Waals surface area contributed by atoms with E-state index in [1.165, 1.54) is 6.92 Å².